The second-order valence-corrected chi connectivity index (χ2v) is 16.2. The summed E-state index contributed by atoms with van der Waals surface area (Å²) in [7, 11) is 0. The number of para-hydroxylation sites is 2. The van der Waals surface area contributed by atoms with Gasteiger partial charge in [0.1, 0.15) is 25.6 Å². The summed E-state index contributed by atoms with van der Waals surface area (Å²) in [5.74, 6) is 3.52. The number of hydrogen-bond acceptors (Lipinski definition) is 12. The third-order valence-electron chi connectivity index (χ3n) is 10.7. The number of pyridine rings is 1. The molecule has 5 heterocycles. The molecule has 8 rings (SSSR count). The molecule has 2 aliphatic heterocycles. The molecule has 0 aliphatic carbocycles. The first-order chi connectivity index (χ1) is 29.6. The Hall–Kier alpha value is -5.73. The monoisotopic (exact) mass is 849 g/mol. The molecule has 2 aliphatic rings. The Morgan fingerprint density at radius 2 is 1.18 bits per heavy atom. The summed E-state index contributed by atoms with van der Waals surface area (Å²) >= 11 is 3.00. The quantitative estimate of drug-likeness (QED) is 0.0986. The molecular formula is C46H51N5O7S2. The van der Waals surface area contributed by atoms with Gasteiger partial charge >= 0.3 is 12.2 Å². The van der Waals surface area contributed by atoms with E-state index in [0.717, 1.165) is 110 Å². The van der Waals surface area contributed by atoms with E-state index >= 15 is 0 Å². The summed E-state index contributed by atoms with van der Waals surface area (Å²) in [6.07, 6.45) is 8.98. The number of piperidine rings is 2. The highest BCUT2D eigenvalue weighted by molar-refractivity contribution is 7.07. The molecule has 0 spiro atoms. The van der Waals surface area contributed by atoms with Crippen LogP contribution < -0.4 is 14.2 Å². The first kappa shape index (κ1) is 42.4. The molecule has 14 heteroatoms. The van der Waals surface area contributed by atoms with Gasteiger partial charge in [0.05, 0.1) is 35.6 Å². The van der Waals surface area contributed by atoms with Crippen LogP contribution in [0.5, 0.6) is 17.2 Å². The Labute approximate surface area is 359 Å². The molecule has 0 radical (unpaired) electrons. The summed E-state index contributed by atoms with van der Waals surface area (Å²) in [6.45, 7) is 5.23. The van der Waals surface area contributed by atoms with Crippen LogP contribution in [0, 0.1) is 11.8 Å². The lowest BCUT2D eigenvalue weighted by Gasteiger charge is -2.31. The topological polar surface area (TPSA) is 125 Å². The van der Waals surface area contributed by atoms with Crippen LogP contribution >= 0.6 is 22.7 Å². The maximum absolute atomic E-state index is 12.2. The number of aromatic nitrogens is 3. The van der Waals surface area contributed by atoms with Crippen LogP contribution in [0.2, 0.25) is 0 Å². The lowest BCUT2D eigenvalue weighted by molar-refractivity contribution is 0.0785. The van der Waals surface area contributed by atoms with E-state index in [2.05, 4.69) is 21.0 Å². The molecule has 6 aromatic rings. The summed E-state index contributed by atoms with van der Waals surface area (Å²) in [6, 6.07) is 26.0. The Bertz CT molecular complexity index is 2180. The van der Waals surface area contributed by atoms with E-state index in [4.69, 9.17) is 23.7 Å². The fourth-order valence-electron chi connectivity index (χ4n) is 7.14. The molecule has 0 atom stereocenters. The van der Waals surface area contributed by atoms with E-state index in [-0.39, 0.29) is 25.4 Å². The summed E-state index contributed by atoms with van der Waals surface area (Å²) < 4.78 is 28.6. The molecule has 2 amide bonds. The van der Waals surface area contributed by atoms with Crippen molar-refractivity contribution in [3.8, 4) is 17.2 Å². The highest BCUT2D eigenvalue weighted by Gasteiger charge is 2.25. The van der Waals surface area contributed by atoms with Gasteiger partial charge in [0.2, 0.25) is 0 Å². The Balaban J connectivity index is 0.000000183. The van der Waals surface area contributed by atoms with Crippen molar-refractivity contribution in [2.24, 2.45) is 11.8 Å². The van der Waals surface area contributed by atoms with Crippen molar-refractivity contribution >= 4 is 45.6 Å². The number of likely N-dealkylation sites (tertiary alicyclic amines) is 2. The third-order valence-corrected chi connectivity index (χ3v) is 11.9. The number of thiazole rings is 2. The lowest BCUT2D eigenvalue weighted by Crippen LogP contribution is -2.39. The number of carbonyl (C=O) groups is 2. The van der Waals surface area contributed by atoms with Crippen LogP contribution in [0.15, 0.2) is 113 Å². The molecule has 0 N–H and O–H groups in total. The maximum Gasteiger partial charge on any atom is 0.410 e. The summed E-state index contributed by atoms with van der Waals surface area (Å²) in [5, 5.41) is 6.04. The SMILES string of the molecule is O=C(OCc1cscn1)N1CCC(CCOc2ccc3ccncc3c2)CC1.O=C(OCc1cscn1)N1CCC(CCOc2ccccc2OCc2ccccc2)CC1. The molecule has 12 nitrogen and oxygen atoms in total. The zero-order valence-electron chi connectivity index (χ0n) is 33.6. The number of rotatable bonds is 15. The second kappa shape index (κ2) is 22.6. The number of ether oxygens (including phenoxy) is 5. The Kier molecular flexibility index (Phi) is 16.0. The minimum atomic E-state index is -0.253. The number of amides is 2. The van der Waals surface area contributed by atoms with E-state index in [1.165, 1.54) is 22.7 Å². The van der Waals surface area contributed by atoms with Gasteiger partial charge in [-0.25, -0.2) is 19.6 Å². The Morgan fingerprint density at radius 1 is 0.617 bits per heavy atom. The van der Waals surface area contributed by atoms with Crippen molar-refractivity contribution in [2.45, 2.75) is 58.3 Å². The summed E-state index contributed by atoms with van der Waals surface area (Å²) in [4.78, 5) is 40.4. The zero-order chi connectivity index (χ0) is 41.2. The van der Waals surface area contributed by atoms with Gasteiger partial charge in [-0.3, -0.25) is 4.98 Å². The highest BCUT2D eigenvalue weighted by Crippen LogP contribution is 2.29. The van der Waals surface area contributed by atoms with Crippen molar-refractivity contribution < 1.29 is 33.3 Å². The van der Waals surface area contributed by atoms with E-state index < -0.39 is 0 Å². The number of nitrogens with zero attached hydrogens (tertiary/aromatic N) is 5. The highest BCUT2D eigenvalue weighted by atomic mass is 32.1. The standard InChI is InChI=1S/C25H28N2O4S.C21H23N3O3S/c28-25(31-17-22-18-32-19-26-22)27-13-10-20(11-14-27)12-15-29-23-8-4-5-9-24(23)30-16-21-6-2-1-3-7-21;25-21(27-13-19-14-28-15-23-19)24-8-4-16(5-9-24)6-10-26-20-2-1-17-3-7-22-12-18(17)11-20/h1-9,18-20H,10-17H2;1-3,7,11-12,14-16H,4-6,8-10,13H2. The van der Waals surface area contributed by atoms with Crippen molar-refractivity contribution in [1.29, 1.82) is 0 Å². The molecule has 3 aromatic heterocycles. The van der Waals surface area contributed by atoms with Gasteiger partial charge < -0.3 is 33.5 Å². The van der Waals surface area contributed by atoms with Gasteiger partial charge in [-0.15, -0.1) is 22.7 Å². The smallest absolute Gasteiger partial charge is 0.410 e. The largest absolute Gasteiger partial charge is 0.494 e. The molecule has 0 bridgehead atoms. The number of fused-ring (bicyclic) bond motifs is 1. The van der Waals surface area contributed by atoms with Gasteiger partial charge in [-0.1, -0.05) is 48.5 Å². The molecule has 2 fully saturated rings. The van der Waals surface area contributed by atoms with E-state index in [0.29, 0.717) is 31.7 Å². The van der Waals surface area contributed by atoms with Crippen molar-refractivity contribution in [2.75, 3.05) is 39.4 Å². The van der Waals surface area contributed by atoms with Crippen LogP contribution in [0.4, 0.5) is 9.59 Å². The first-order valence-corrected chi connectivity index (χ1v) is 22.4. The van der Waals surface area contributed by atoms with E-state index in [1.807, 2.05) is 89.8 Å². The normalized spacial score (nSPS) is 14.5. The fourth-order valence-corrected chi connectivity index (χ4v) is 8.22. The van der Waals surface area contributed by atoms with Gasteiger partial charge in [-0.2, -0.15) is 0 Å². The van der Waals surface area contributed by atoms with Crippen LogP contribution in [0.1, 0.15) is 55.5 Å². The molecule has 0 unspecified atom stereocenters. The maximum atomic E-state index is 12.2. The second-order valence-electron chi connectivity index (χ2n) is 14.8. The molecular weight excluding hydrogens is 799 g/mol. The van der Waals surface area contributed by atoms with Crippen LogP contribution in [-0.4, -0.2) is 76.3 Å². The molecule has 2 saturated heterocycles. The van der Waals surface area contributed by atoms with Gasteiger partial charge in [0, 0.05) is 54.7 Å². The van der Waals surface area contributed by atoms with Crippen LogP contribution in [0.3, 0.4) is 0 Å². The van der Waals surface area contributed by atoms with Crippen molar-refractivity contribution in [3.05, 3.63) is 130 Å². The van der Waals surface area contributed by atoms with Crippen molar-refractivity contribution in [1.82, 2.24) is 24.8 Å². The molecule has 3 aromatic carbocycles. The predicted octanol–water partition coefficient (Wildman–Crippen LogP) is 10.0. The van der Waals surface area contributed by atoms with E-state index in [9.17, 15) is 9.59 Å². The number of carbonyl (C=O) groups excluding carboxylic acids is 2. The van der Waals surface area contributed by atoms with E-state index in [1.54, 1.807) is 27.0 Å². The van der Waals surface area contributed by atoms with Gasteiger partial charge in [0.15, 0.2) is 11.5 Å². The zero-order valence-corrected chi connectivity index (χ0v) is 35.3. The fraction of sp³-hybridized carbons (Fsp3) is 0.370. The van der Waals surface area contributed by atoms with Crippen LogP contribution in [0.25, 0.3) is 10.8 Å². The van der Waals surface area contributed by atoms with Crippen LogP contribution in [-0.2, 0) is 29.3 Å². The first-order valence-electron chi connectivity index (χ1n) is 20.5. The molecule has 0 saturated carbocycles. The minimum Gasteiger partial charge on any atom is -0.494 e. The third kappa shape index (κ3) is 13.1. The average molecular weight is 850 g/mol. The lowest BCUT2D eigenvalue weighted by atomic mass is 9.94. The number of benzene rings is 3. The molecule has 60 heavy (non-hydrogen) atoms. The Morgan fingerprint density at radius 3 is 1.77 bits per heavy atom. The van der Waals surface area contributed by atoms with Gasteiger partial charge in [-0.05, 0) is 91.6 Å². The number of hydrogen-bond donors (Lipinski definition) is 0. The van der Waals surface area contributed by atoms with Gasteiger partial charge in [0.25, 0.3) is 0 Å². The average Bonchev–Trinajstić information content (AvgIpc) is 4.04. The minimum absolute atomic E-state index is 0.238. The predicted molar refractivity (Wildman–Crippen MR) is 232 cm³/mol. The summed E-state index contributed by atoms with van der Waals surface area (Å²) in [5.41, 5.74) is 6.20. The molecule has 314 valence electrons. The van der Waals surface area contributed by atoms with Crippen molar-refractivity contribution in [3.63, 3.8) is 0 Å².